The molecule has 0 radical (unpaired) electrons. The Morgan fingerprint density at radius 2 is 1.39 bits per heavy atom. The predicted octanol–water partition coefficient (Wildman–Crippen LogP) is 3.97. The summed E-state index contributed by atoms with van der Waals surface area (Å²) in [5.74, 6) is 0.290. The molecule has 0 saturated carbocycles. The van der Waals surface area contributed by atoms with Crippen LogP contribution in [0.15, 0.2) is 58.3 Å². The van der Waals surface area contributed by atoms with Gasteiger partial charge >= 0.3 is 0 Å². The molecule has 0 bridgehead atoms. The molecule has 8 nitrogen and oxygen atoms in total. The maximum atomic E-state index is 13.1. The van der Waals surface area contributed by atoms with Crippen molar-refractivity contribution in [3.63, 3.8) is 0 Å². The molecular weight excluding hydrogens is 498 g/mol. The van der Waals surface area contributed by atoms with Crippen molar-refractivity contribution in [1.82, 2.24) is 8.61 Å². The number of anilines is 1. The summed E-state index contributed by atoms with van der Waals surface area (Å²) in [6.07, 6.45) is 5.47. The number of benzene rings is 2. The van der Waals surface area contributed by atoms with Crippen LogP contribution in [0.2, 0.25) is 0 Å². The fourth-order valence-corrected chi connectivity index (χ4v) is 7.70. The number of carbonyl (C=O) groups is 1. The Morgan fingerprint density at radius 3 is 2.03 bits per heavy atom. The van der Waals surface area contributed by atoms with Gasteiger partial charge < -0.3 is 5.32 Å². The molecule has 2 aliphatic heterocycles. The van der Waals surface area contributed by atoms with Crippen molar-refractivity contribution < 1.29 is 21.6 Å². The molecule has 0 amide bonds. The van der Waals surface area contributed by atoms with Crippen LogP contribution in [-0.2, 0) is 20.0 Å². The number of sulfonamides is 2. The fraction of sp³-hybridized carbons (Fsp3) is 0.500. The summed E-state index contributed by atoms with van der Waals surface area (Å²) in [5.41, 5.74) is 0.930. The Morgan fingerprint density at radius 1 is 0.806 bits per heavy atom. The van der Waals surface area contributed by atoms with Crippen LogP contribution in [0.25, 0.3) is 0 Å². The molecule has 2 fully saturated rings. The summed E-state index contributed by atoms with van der Waals surface area (Å²) < 4.78 is 55.0. The van der Waals surface area contributed by atoms with E-state index in [1.54, 1.807) is 36.4 Å². The summed E-state index contributed by atoms with van der Waals surface area (Å²) >= 11 is 0. The van der Waals surface area contributed by atoms with E-state index in [1.165, 1.54) is 20.7 Å². The maximum Gasteiger partial charge on any atom is 0.243 e. The Hall–Kier alpha value is -2.27. The second-order valence-corrected chi connectivity index (χ2v) is 13.6. The number of ketones is 1. The van der Waals surface area contributed by atoms with Crippen molar-refractivity contribution in [3.8, 4) is 0 Å². The van der Waals surface area contributed by atoms with Gasteiger partial charge in [-0.3, -0.25) is 4.79 Å². The van der Waals surface area contributed by atoms with Gasteiger partial charge in [-0.2, -0.15) is 8.61 Å². The van der Waals surface area contributed by atoms with E-state index in [-0.39, 0.29) is 22.1 Å². The largest absolute Gasteiger partial charge is 0.378 e. The zero-order valence-electron chi connectivity index (χ0n) is 20.7. The minimum absolute atomic E-state index is 0.0384. The van der Waals surface area contributed by atoms with Gasteiger partial charge in [-0.25, -0.2) is 16.8 Å². The molecule has 4 rings (SSSR count). The first kappa shape index (κ1) is 26.8. The van der Waals surface area contributed by atoms with Crippen LogP contribution in [0.5, 0.6) is 0 Å². The van der Waals surface area contributed by atoms with Crippen LogP contribution in [0.3, 0.4) is 0 Å². The first-order valence-corrected chi connectivity index (χ1v) is 15.5. The van der Waals surface area contributed by atoms with Crippen LogP contribution in [0, 0.1) is 5.92 Å². The molecule has 2 aromatic carbocycles. The smallest absolute Gasteiger partial charge is 0.243 e. The number of hydrogen-bond acceptors (Lipinski definition) is 6. The first-order valence-electron chi connectivity index (χ1n) is 12.7. The average molecular weight is 534 g/mol. The van der Waals surface area contributed by atoms with Gasteiger partial charge in [0.05, 0.1) is 16.3 Å². The van der Waals surface area contributed by atoms with Crippen molar-refractivity contribution in [2.75, 3.05) is 38.0 Å². The predicted molar refractivity (Wildman–Crippen MR) is 140 cm³/mol. The second-order valence-electron chi connectivity index (χ2n) is 9.73. The highest BCUT2D eigenvalue weighted by molar-refractivity contribution is 7.89. The number of Topliss-reactive ketones (excluding diaryl/α,β-unsaturated/α-hetero) is 1. The number of rotatable bonds is 8. The summed E-state index contributed by atoms with van der Waals surface area (Å²) in [4.78, 5) is 13.2. The molecule has 10 heteroatoms. The van der Waals surface area contributed by atoms with Gasteiger partial charge in [0.1, 0.15) is 0 Å². The summed E-state index contributed by atoms with van der Waals surface area (Å²) in [5, 5.41) is 3.02. The lowest BCUT2D eigenvalue weighted by Crippen LogP contribution is -2.37. The normalized spacial score (nSPS) is 19.0. The maximum absolute atomic E-state index is 13.1. The summed E-state index contributed by atoms with van der Waals surface area (Å²) in [7, 11) is -7.17. The molecule has 2 saturated heterocycles. The van der Waals surface area contributed by atoms with Gasteiger partial charge in [0, 0.05) is 37.4 Å². The lowest BCUT2D eigenvalue weighted by Gasteiger charge is -2.29. The number of nitrogens with one attached hydrogen (secondary N) is 1. The van der Waals surface area contributed by atoms with E-state index < -0.39 is 20.0 Å². The van der Waals surface area contributed by atoms with Crippen molar-refractivity contribution in [2.24, 2.45) is 5.92 Å². The minimum atomic E-state index is -3.64. The lowest BCUT2D eigenvalue weighted by atomic mass is 10.0. The second kappa shape index (κ2) is 11.4. The van der Waals surface area contributed by atoms with Crippen molar-refractivity contribution >= 4 is 31.5 Å². The van der Waals surface area contributed by atoms with Crippen LogP contribution < -0.4 is 5.32 Å². The van der Waals surface area contributed by atoms with Crippen molar-refractivity contribution in [1.29, 1.82) is 0 Å². The molecule has 0 atom stereocenters. The highest BCUT2D eigenvalue weighted by Crippen LogP contribution is 2.25. The molecular formula is C26H35N3O5S2. The lowest BCUT2D eigenvalue weighted by molar-refractivity contribution is 0.101. The Balaban J connectivity index is 1.39. The van der Waals surface area contributed by atoms with Gasteiger partial charge in [0.15, 0.2) is 5.78 Å². The van der Waals surface area contributed by atoms with E-state index in [4.69, 9.17) is 0 Å². The number of hydrogen-bond donors (Lipinski definition) is 1. The van der Waals surface area contributed by atoms with Gasteiger partial charge in [-0.1, -0.05) is 31.9 Å². The zero-order valence-corrected chi connectivity index (χ0v) is 22.4. The van der Waals surface area contributed by atoms with Gasteiger partial charge in [-0.15, -0.1) is 0 Å². The van der Waals surface area contributed by atoms with E-state index in [9.17, 15) is 21.6 Å². The summed E-state index contributed by atoms with van der Waals surface area (Å²) in [6.45, 7) is 4.17. The summed E-state index contributed by atoms with van der Waals surface area (Å²) in [6, 6.07) is 12.6. The third-order valence-corrected chi connectivity index (χ3v) is 10.9. The van der Waals surface area contributed by atoms with Gasteiger partial charge in [-0.05, 0) is 68.0 Å². The van der Waals surface area contributed by atoms with E-state index in [0.717, 1.165) is 38.5 Å². The minimum Gasteiger partial charge on any atom is -0.378 e. The highest BCUT2D eigenvalue weighted by atomic mass is 32.2. The zero-order chi connectivity index (χ0) is 25.8. The van der Waals surface area contributed by atoms with Crippen LogP contribution in [-0.4, -0.2) is 64.0 Å². The van der Waals surface area contributed by atoms with Gasteiger partial charge in [0.2, 0.25) is 20.0 Å². The Bertz CT molecular complexity index is 1260. The third kappa shape index (κ3) is 6.16. The SMILES string of the molecule is CC1CCN(S(=O)(=O)c2ccc(NCC(=O)c3cccc(S(=O)(=O)N4CCCCCC4)c3)cc2)CC1. The molecule has 2 heterocycles. The molecule has 1 N–H and O–H groups in total. The Labute approximate surface area is 214 Å². The molecule has 0 unspecified atom stereocenters. The molecule has 0 spiro atoms. The average Bonchev–Trinajstić information content (AvgIpc) is 3.18. The van der Waals surface area contributed by atoms with E-state index in [0.29, 0.717) is 43.3 Å². The monoisotopic (exact) mass is 533 g/mol. The molecule has 196 valence electrons. The molecule has 36 heavy (non-hydrogen) atoms. The fourth-order valence-electron chi connectivity index (χ4n) is 4.66. The molecule has 0 aliphatic carbocycles. The van der Waals surface area contributed by atoms with Crippen LogP contribution in [0.1, 0.15) is 55.8 Å². The van der Waals surface area contributed by atoms with Crippen molar-refractivity contribution in [2.45, 2.75) is 55.2 Å². The van der Waals surface area contributed by atoms with Crippen molar-refractivity contribution in [3.05, 3.63) is 54.1 Å². The number of nitrogens with zero attached hydrogens (tertiary/aromatic N) is 2. The molecule has 2 aliphatic rings. The quantitative estimate of drug-likeness (QED) is 0.515. The molecule has 0 aromatic heterocycles. The highest BCUT2D eigenvalue weighted by Gasteiger charge is 2.28. The van der Waals surface area contributed by atoms with E-state index in [1.807, 2.05) is 0 Å². The molecule has 2 aromatic rings. The topological polar surface area (TPSA) is 104 Å². The van der Waals surface area contributed by atoms with E-state index >= 15 is 0 Å². The number of piperidine rings is 1. The first-order chi connectivity index (χ1) is 17.2. The third-order valence-electron chi connectivity index (χ3n) is 7.05. The van der Waals surface area contributed by atoms with Crippen LogP contribution >= 0.6 is 0 Å². The Kier molecular flexibility index (Phi) is 8.49. The van der Waals surface area contributed by atoms with Gasteiger partial charge in [0.25, 0.3) is 0 Å². The van der Waals surface area contributed by atoms with E-state index in [2.05, 4.69) is 12.2 Å². The standard InChI is InChI=1S/C26H35N3O5S2/c1-21-13-17-29(18-14-21)35(31,32)24-11-9-23(10-12-24)27-20-26(30)22-7-6-8-25(19-22)36(33,34)28-15-4-2-3-5-16-28/h6-12,19,21,27H,2-5,13-18,20H2,1H3. The number of carbonyl (C=O) groups excluding carboxylic acids is 1. The van der Waals surface area contributed by atoms with Crippen LogP contribution in [0.4, 0.5) is 5.69 Å².